The smallest absolute Gasteiger partial charge is 0.324 e. The van der Waals surface area contributed by atoms with Crippen molar-refractivity contribution in [2.24, 2.45) is 0 Å². The van der Waals surface area contributed by atoms with Crippen LogP contribution in [-0.4, -0.2) is 18.1 Å². The fourth-order valence-electron chi connectivity index (χ4n) is 1.45. The molecule has 2 N–H and O–H groups in total. The summed E-state index contributed by atoms with van der Waals surface area (Å²) in [4.78, 5) is 15.7. The van der Waals surface area contributed by atoms with E-state index in [0.29, 0.717) is 22.3 Å². The van der Waals surface area contributed by atoms with E-state index >= 15 is 0 Å². The van der Waals surface area contributed by atoms with E-state index in [-0.39, 0.29) is 0 Å². The lowest BCUT2D eigenvalue weighted by atomic mass is 10.3. The standard InChI is InChI=1S/C13H12ClN3O2/c1-19-11-4-2-3-10(8-11)16-13(18)17-12-7-9(14)5-6-15-12/h2-8H,1H3,(H2,15,16,17,18). The SMILES string of the molecule is COc1cccc(NC(=O)Nc2cc(Cl)ccn2)c1. The van der Waals surface area contributed by atoms with Gasteiger partial charge in [-0.15, -0.1) is 0 Å². The van der Waals surface area contributed by atoms with Crippen LogP contribution < -0.4 is 15.4 Å². The van der Waals surface area contributed by atoms with Crippen molar-refractivity contribution < 1.29 is 9.53 Å². The van der Waals surface area contributed by atoms with E-state index in [0.717, 1.165) is 0 Å². The highest BCUT2D eigenvalue weighted by molar-refractivity contribution is 6.30. The average molecular weight is 278 g/mol. The molecule has 6 heteroatoms. The lowest BCUT2D eigenvalue weighted by molar-refractivity contribution is 0.262. The van der Waals surface area contributed by atoms with Gasteiger partial charge in [0.05, 0.1) is 7.11 Å². The molecule has 0 spiro atoms. The minimum Gasteiger partial charge on any atom is -0.497 e. The number of hydrogen-bond acceptors (Lipinski definition) is 3. The lowest BCUT2D eigenvalue weighted by Gasteiger charge is -2.08. The Balaban J connectivity index is 2.01. The molecule has 0 fully saturated rings. The fraction of sp³-hybridized carbons (Fsp3) is 0.0769. The van der Waals surface area contributed by atoms with E-state index in [2.05, 4.69) is 15.6 Å². The second-order valence-corrected chi connectivity index (χ2v) is 4.11. The third kappa shape index (κ3) is 3.86. The van der Waals surface area contributed by atoms with Gasteiger partial charge in [0.15, 0.2) is 0 Å². The minimum atomic E-state index is -0.400. The number of anilines is 2. The van der Waals surface area contributed by atoms with E-state index in [1.807, 2.05) is 0 Å². The maximum Gasteiger partial charge on any atom is 0.324 e. The molecule has 2 amide bonds. The summed E-state index contributed by atoms with van der Waals surface area (Å²) in [6.07, 6.45) is 1.52. The molecule has 0 aliphatic heterocycles. The summed E-state index contributed by atoms with van der Waals surface area (Å²) in [5.41, 5.74) is 0.624. The Hall–Kier alpha value is -2.27. The van der Waals surface area contributed by atoms with Gasteiger partial charge in [-0.2, -0.15) is 0 Å². The topological polar surface area (TPSA) is 63.2 Å². The number of carbonyl (C=O) groups is 1. The zero-order chi connectivity index (χ0) is 13.7. The number of carbonyl (C=O) groups excluding carboxylic acids is 1. The number of aromatic nitrogens is 1. The van der Waals surface area contributed by atoms with Crippen molar-refractivity contribution >= 4 is 29.1 Å². The zero-order valence-electron chi connectivity index (χ0n) is 10.2. The highest BCUT2D eigenvalue weighted by Crippen LogP contribution is 2.17. The van der Waals surface area contributed by atoms with Crippen LogP contribution in [0.3, 0.4) is 0 Å². The number of benzene rings is 1. The third-order valence-corrected chi connectivity index (χ3v) is 2.53. The lowest BCUT2D eigenvalue weighted by Crippen LogP contribution is -2.20. The van der Waals surface area contributed by atoms with Crippen LogP contribution in [0.5, 0.6) is 5.75 Å². The second kappa shape index (κ2) is 6.06. The molecule has 2 rings (SSSR count). The Kier molecular flexibility index (Phi) is 4.20. The van der Waals surface area contributed by atoms with Crippen molar-refractivity contribution in [2.75, 3.05) is 17.7 Å². The quantitative estimate of drug-likeness (QED) is 0.904. The first-order valence-corrected chi connectivity index (χ1v) is 5.89. The zero-order valence-corrected chi connectivity index (χ0v) is 10.9. The van der Waals surface area contributed by atoms with Crippen LogP contribution in [0.25, 0.3) is 0 Å². The number of rotatable bonds is 3. The van der Waals surface area contributed by atoms with E-state index in [4.69, 9.17) is 16.3 Å². The van der Waals surface area contributed by atoms with Crippen molar-refractivity contribution in [3.05, 3.63) is 47.6 Å². The van der Waals surface area contributed by atoms with Crippen molar-refractivity contribution in [1.82, 2.24) is 4.98 Å². The van der Waals surface area contributed by atoms with Gasteiger partial charge in [-0.25, -0.2) is 9.78 Å². The van der Waals surface area contributed by atoms with Gasteiger partial charge < -0.3 is 10.1 Å². The van der Waals surface area contributed by atoms with Crippen LogP contribution >= 0.6 is 11.6 Å². The minimum absolute atomic E-state index is 0.382. The number of amides is 2. The summed E-state index contributed by atoms with van der Waals surface area (Å²) < 4.78 is 5.07. The summed E-state index contributed by atoms with van der Waals surface area (Å²) in [7, 11) is 1.56. The van der Waals surface area contributed by atoms with Gasteiger partial charge in [0.2, 0.25) is 0 Å². The summed E-state index contributed by atoms with van der Waals surface area (Å²) in [6, 6.07) is 9.84. The molecule has 0 saturated carbocycles. The summed E-state index contributed by atoms with van der Waals surface area (Å²) in [5.74, 6) is 1.05. The molecule has 5 nitrogen and oxygen atoms in total. The predicted molar refractivity (Wildman–Crippen MR) is 74.9 cm³/mol. The van der Waals surface area contributed by atoms with E-state index in [1.54, 1.807) is 43.5 Å². The summed E-state index contributed by atoms with van der Waals surface area (Å²) in [5, 5.41) is 5.76. The maximum atomic E-state index is 11.7. The Morgan fingerprint density at radius 1 is 1.26 bits per heavy atom. The second-order valence-electron chi connectivity index (χ2n) is 3.67. The van der Waals surface area contributed by atoms with Crippen LogP contribution in [0.2, 0.25) is 5.02 Å². The Morgan fingerprint density at radius 2 is 2.11 bits per heavy atom. The number of pyridine rings is 1. The van der Waals surface area contributed by atoms with Gasteiger partial charge in [0.25, 0.3) is 0 Å². The van der Waals surface area contributed by atoms with Gasteiger partial charge in [-0.05, 0) is 24.3 Å². The molecular formula is C13H12ClN3O2. The first kappa shape index (κ1) is 13.2. The molecule has 0 bridgehead atoms. The molecule has 0 saturated heterocycles. The molecule has 0 radical (unpaired) electrons. The Morgan fingerprint density at radius 3 is 2.84 bits per heavy atom. The first-order valence-electron chi connectivity index (χ1n) is 5.51. The number of halogens is 1. The molecule has 1 heterocycles. The van der Waals surface area contributed by atoms with Gasteiger partial charge >= 0.3 is 6.03 Å². The van der Waals surface area contributed by atoms with E-state index in [9.17, 15) is 4.79 Å². The van der Waals surface area contributed by atoms with Crippen LogP contribution in [0.1, 0.15) is 0 Å². The molecule has 0 atom stereocenters. The molecule has 0 unspecified atom stereocenters. The Labute approximate surface area is 115 Å². The highest BCUT2D eigenvalue weighted by Gasteiger charge is 2.04. The first-order chi connectivity index (χ1) is 9.17. The number of hydrogen-bond donors (Lipinski definition) is 2. The summed E-state index contributed by atoms with van der Waals surface area (Å²) in [6.45, 7) is 0. The maximum absolute atomic E-state index is 11.7. The molecule has 0 aliphatic carbocycles. The number of urea groups is 1. The van der Waals surface area contributed by atoms with Gasteiger partial charge in [0, 0.05) is 23.0 Å². The normalized spacial score (nSPS) is 9.79. The van der Waals surface area contributed by atoms with Crippen LogP contribution in [-0.2, 0) is 0 Å². The fourth-order valence-corrected chi connectivity index (χ4v) is 1.61. The molecule has 98 valence electrons. The number of nitrogens with zero attached hydrogens (tertiary/aromatic N) is 1. The molecule has 19 heavy (non-hydrogen) atoms. The van der Waals surface area contributed by atoms with Crippen LogP contribution in [0, 0.1) is 0 Å². The van der Waals surface area contributed by atoms with Crippen molar-refractivity contribution in [1.29, 1.82) is 0 Å². The summed E-state index contributed by atoms with van der Waals surface area (Å²) >= 11 is 5.80. The predicted octanol–water partition coefficient (Wildman–Crippen LogP) is 3.39. The average Bonchev–Trinajstić information content (AvgIpc) is 2.38. The Bertz CT molecular complexity index is 590. The van der Waals surface area contributed by atoms with Gasteiger partial charge in [0.1, 0.15) is 11.6 Å². The number of nitrogens with one attached hydrogen (secondary N) is 2. The third-order valence-electron chi connectivity index (χ3n) is 2.29. The van der Waals surface area contributed by atoms with Crippen LogP contribution in [0.4, 0.5) is 16.3 Å². The number of methoxy groups -OCH3 is 1. The molecule has 1 aromatic heterocycles. The van der Waals surface area contributed by atoms with Crippen molar-refractivity contribution in [2.45, 2.75) is 0 Å². The van der Waals surface area contributed by atoms with Gasteiger partial charge in [-0.1, -0.05) is 17.7 Å². The highest BCUT2D eigenvalue weighted by atomic mass is 35.5. The van der Waals surface area contributed by atoms with Crippen molar-refractivity contribution in [3.8, 4) is 5.75 Å². The molecule has 2 aromatic rings. The molecule has 1 aromatic carbocycles. The number of ether oxygens (including phenoxy) is 1. The molecule has 0 aliphatic rings. The van der Waals surface area contributed by atoms with Gasteiger partial charge in [-0.3, -0.25) is 5.32 Å². The van der Waals surface area contributed by atoms with Crippen molar-refractivity contribution in [3.63, 3.8) is 0 Å². The van der Waals surface area contributed by atoms with E-state index in [1.165, 1.54) is 6.20 Å². The van der Waals surface area contributed by atoms with Crippen LogP contribution in [0.15, 0.2) is 42.6 Å². The largest absolute Gasteiger partial charge is 0.497 e. The van der Waals surface area contributed by atoms with E-state index < -0.39 is 6.03 Å². The molecular weight excluding hydrogens is 266 g/mol. The monoisotopic (exact) mass is 277 g/mol.